The SMILES string of the molecule is CC(=O)c1c(C)c2cnc(Nc3ccc(N4CCN(CC(=O)NCCOCCOCCC(=O)NC5CCCC[C@H]5C(=O)Nc5nc(C)c(C)s5)CC4)cn3)nc2n(C2CCCC2)c1=O. The van der Waals surface area contributed by atoms with E-state index < -0.39 is 0 Å². The van der Waals surface area contributed by atoms with E-state index in [1.807, 2.05) is 26.0 Å². The van der Waals surface area contributed by atoms with Crippen LogP contribution in [0.2, 0.25) is 0 Å². The molecule has 7 rings (SSSR count). The third-order valence-corrected chi connectivity index (χ3v) is 13.5. The fraction of sp³-hybridized carbons (Fsp3) is 0.578. The van der Waals surface area contributed by atoms with Gasteiger partial charge in [-0.05, 0) is 71.1 Å². The number of piperazine rings is 1. The lowest BCUT2D eigenvalue weighted by Crippen LogP contribution is -2.49. The number of aryl methyl sites for hydroxylation is 3. The fourth-order valence-corrected chi connectivity index (χ4v) is 9.68. The minimum atomic E-state index is -0.289. The largest absolute Gasteiger partial charge is 0.379 e. The first-order valence-electron chi connectivity index (χ1n) is 22.5. The number of aromatic nitrogens is 5. The van der Waals surface area contributed by atoms with Crippen molar-refractivity contribution in [1.82, 2.24) is 40.0 Å². The Labute approximate surface area is 377 Å². The molecule has 5 heterocycles. The second kappa shape index (κ2) is 22.0. The van der Waals surface area contributed by atoms with Crippen molar-refractivity contribution in [3.63, 3.8) is 0 Å². The van der Waals surface area contributed by atoms with Crippen molar-refractivity contribution >= 4 is 68.5 Å². The van der Waals surface area contributed by atoms with Gasteiger partial charge in [0, 0.05) is 67.7 Å². The van der Waals surface area contributed by atoms with Crippen molar-refractivity contribution in [2.75, 3.05) is 81.2 Å². The maximum Gasteiger partial charge on any atom is 0.263 e. The molecule has 18 nitrogen and oxygen atoms in total. The molecule has 1 aliphatic heterocycles. The number of rotatable bonds is 19. The van der Waals surface area contributed by atoms with Gasteiger partial charge in [0.2, 0.25) is 23.7 Å². The van der Waals surface area contributed by atoms with Crippen LogP contribution < -0.4 is 31.7 Å². The van der Waals surface area contributed by atoms with Crippen LogP contribution in [0.1, 0.15) is 97.2 Å². The van der Waals surface area contributed by atoms with Gasteiger partial charge in [0.05, 0.1) is 62.0 Å². The Kier molecular flexibility index (Phi) is 16.0. The molecular formula is C45H61N11O7S. The summed E-state index contributed by atoms with van der Waals surface area (Å²) in [6.07, 6.45) is 10.9. The van der Waals surface area contributed by atoms with Crippen LogP contribution in [0.15, 0.2) is 29.3 Å². The Morgan fingerprint density at radius 2 is 1.58 bits per heavy atom. The average Bonchev–Trinajstić information content (AvgIpc) is 3.92. The number of anilines is 4. The number of carbonyl (C=O) groups excluding carboxylic acids is 4. The molecule has 0 bridgehead atoms. The van der Waals surface area contributed by atoms with Gasteiger partial charge in [0.15, 0.2) is 10.9 Å². The summed E-state index contributed by atoms with van der Waals surface area (Å²) < 4.78 is 12.9. The predicted octanol–water partition coefficient (Wildman–Crippen LogP) is 4.60. The van der Waals surface area contributed by atoms with Crippen molar-refractivity contribution in [2.24, 2.45) is 5.92 Å². The van der Waals surface area contributed by atoms with Crippen molar-refractivity contribution in [3.05, 3.63) is 56.6 Å². The summed E-state index contributed by atoms with van der Waals surface area (Å²) in [6, 6.07) is 3.64. The summed E-state index contributed by atoms with van der Waals surface area (Å²) >= 11 is 1.46. The van der Waals surface area contributed by atoms with E-state index in [-0.39, 0.29) is 65.7 Å². The summed E-state index contributed by atoms with van der Waals surface area (Å²) in [5, 5.41) is 13.4. The summed E-state index contributed by atoms with van der Waals surface area (Å²) in [5.74, 6) is 0.0455. The van der Waals surface area contributed by atoms with Gasteiger partial charge in [-0.1, -0.05) is 25.7 Å². The zero-order chi connectivity index (χ0) is 45.2. The monoisotopic (exact) mass is 899 g/mol. The number of Topliss-reactive ketones (excluding diaryl/α,β-unsaturated/α-hetero) is 1. The van der Waals surface area contributed by atoms with Gasteiger partial charge in [0.1, 0.15) is 11.5 Å². The molecule has 0 radical (unpaired) electrons. The number of fused-ring (bicyclic) bond motifs is 1. The number of ether oxygens (including phenoxy) is 2. The van der Waals surface area contributed by atoms with Gasteiger partial charge >= 0.3 is 0 Å². The van der Waals surface area contributed by atoms with Crippen LogP contribution in [-0.4, -0.2) is 125 Å². The lowest BCUT2D eigenvalue weighted by atomic mass is 9.83. The van der Waals surface area contributed by atoms with Crippen molar-refractivity contribution in [2.45, 2.75) is 97.6 Å². The number of ketones is 1. The van der Waals surface area contributed by atoms with Crippen LogP contribution in [-0.2, 0) is 23.9 Å². The zero-order valence-electron chi connectivity index (χ0n) is 37.4. The Bertz CT molecular complexity index is 2320. The van der Waals surface area contributed by atoms with Crippen LogP contribution in [0, 0.1) is 26.7 Å². The molecule has 2 atom stereocenters. The standard InChI is InChI=1S/C45H61N11O7S/c1-28-35-26-48-44(52-41(35)56(32-9-5-6-10-32)43(61)40(28)30(3)57)51-37-14-13-33(25-47-37)55-19-17-54(18-20-55)27-39(59)46-16-22-63-24-23-62-21-15-38(58)50-36-12-8-7-11-34(36)42(60)53-45-49-29(2)31(4)64-45/h13-14,25-26,32,34,36H,5-12,15-24,27H2,1-4H3,(H,46,59)(H,50,58)(H,49,53,60)(H,47,48,51,52)/t34-,36?/m1/s1. The van der Waals surface area contributed by atoms with E-state index in [1.165, 1.54) is 18.3 Å². The minimum absolute atomic E-state index is 0.00337. The van der Waals surface area contributed by atoms with E-state index >= 15 is 0 Å². The third-order valence-electron chi connectivity index (χ3n) is 12.5. The van der Waals surface area contributed by atoms with Gasteiger partial charge in [-0.3, -0.25) is 33.4 Å². The van der Waals surface area contributed by atoms with Gasteiger partial charge in [0.25, 0.3) is 5.56 Å². The highest BCUT2D eigenvalue weighted by molar-refractivity contribution is 7.15. The normalized spacial score (nSPS) is 18.3. The molecule has 19 heteroatoms. The first-order valence-corrected chi connectivity index (χ1v) is 23.4. The second-order valence-electron chi connectivity index (χ2n) is 16.9. The number of hydrogen-bond donors (Lipinski definition) is 4. The van der Waals surface area contributed by atoms with Crippen LogP contribution in [0.3, 0.4) is 0 Å². The number of thiazole rings is 1. The summed E-state index contributed by atoms with van der Waals surface area (Å²) in [6.45, 7) is 12.0. The first-order chi connectivity index (χ1) is 30.9. The van der Waals surface area contributed by atoms with E-state index in [2.05, 4.69) is 46.0 Å². The number of carbonyl (C=O) groups is 4. The molecule has 4 N–H and O–H groups in total. The van der Waals surface area contributed by atoms with Crippen LogP contribution in [0.5, 0.6) is 0 Å². The van der Waals surface area contributed by atoms with E-state index in [9.17, 15) is 24.0 Å². The molecule has 4 aromatic heterocycles. The molecule has 0 spiro atoms. The number of hydrogen-bond acceptors (Lipinski definition) is 15. The maximum atomic E-state index is 13.6. The minimum Gasteiger partial charge on any atom is -0.379 e. The van der Waals surface area contributed by atoms with Gasteiger partial charge in [-0.15, -0.1) is 11.3 Å². The number of nitrogens with one attached hydrogen (secondary N) is 4. The molecule has 1 unspecified atom stereocenters. The van der Waals surface area contributed by atoms with Crippen molar-refractivity contribution < 1.29 is 28.7 Å². The molecule has 344 valence electrons. The zero-order valence-corrected chi connectivity index (χ0v) is 38.2. The highest BCUT2D eigenvalue weighted by Gasteiger charge is 2.33. The van der Waals surface area contributed by atoms with Gasteiger partial charge < -0.3 is 35.6 Å². The quantitative estimate of drug-likeness (QED) is 0.0748. The van der Waals surface area contributed by atoms with E-state index in [0.29, 0.717) is 66.4 Å². The van der Waals surface area contributed by atoms with Crippen molar-refractivity contribution in [1.29, 1.82) is 0 Å². The lowest BCUT2D eigenvalue weighted by molar-refractivity contribution is -0.126. The van der Waals surface area contributed by atoms with E-state index in [0.717, 1.165) is 93.8 Å². The van der Waals surface area contributed by atoms with E-state index in [1.54, 1.807) is 23.9 Å². The molecule has 3 fully saturated rings. The second-order valence-corrected chi connectivity index (χ2v) is 18.1. The highest BCUT2D eigenvalue weighted by atomic mass is 32.1. The van der Waals surface area contributed by atoms with Crippen LogP contribution in [0.25, 0.3) is 11.0 Å². The van der Waals surface area contributed by atoms with E-state index in [4.69, 9.17) is 14.5 Å². The molecule has 2 saturated carbocycles. The maximum absolute atomic E-state index is 13.6. The molecule has 3 amide bonds. The Balaban J connectivity index is 0.755. The number of pyridine rings is 2. The summed E-state index contributed by atoms with van der Waals surface area (Å²) in [7, 11) is 0. The average molecular weight is 900 g/mol. The number of amides is 3. The first kappa shape index (κ1) is 46.6. The molecular weight excluding hydrogens is 839 g/mol. The predicted molar refractivity (Wildman–Crippen MR) is 246 cm³/mol. The molecule has 0 aromatic carbocycles. The summed E-state index contributed by atoms with van der Waals surface area (Å²) in [5.41, 5.74) is 2.92. The molecule has 2 aliphatic carbocycles. The molecule has 3 aliphatic rings. The molecule has 64 heavy (non-hydrogen) atoms. The van der Waals surface area contributed by atoms with Crippen molar-refractivity contribution in [3.8, 4) is 0 Å². The Morgan fingerprint density at radius 3 is 2.28 bits per heavy atom. The highest BCUT2D eigenvalue weighted by Crippen LogP contribution is 2.32. The number of nitrogens with zero attached hydrogens (tertiary/aromatic N) is 7. The molecule has 1 saturated heterocycles. The van der Waals surface area contributed by atoms with Gasteiger partial charge in [-0.2, -0.15) is 4.98 Å². The molecule has 4 aromatic rings. The smallest absolute Gasteiger partial charge is 0.263 e. The fourth-order valence-electron chi connectivity index (χ4n) is 8.86. The topological polar surface area (TPSA) is 215 Å². The lowest BCUT2D eigenvalue weighted by Gasteiger charge is -2.35. The van der Waals surface area contributed by atoms with Crippen LogP contribution in [0.4, 0.5) is 22.6 Å². The van der Waals surface area contributed by atoms with Crippen LogP contribution >= 0.6 is 11.3 Å². The van der Waals surface area contributed by atoms with Gasteiger partial charge in [-0.25, -0.2) is 15.0 Å². The third kappa shape index (κ3) is 11.8. The summed E-state index contributed by atoms with van der Waals surface area (Å²) in [4.78, 5) is 88.1. The Hall–Kier alpha value is -5.37. The Morgan fingerprint density at radius 1 is 0.844 bits per heavy atom.